The van der Waals surface area contributed by atoms with Crippen LogP contribution < -0.4 is 57.5 Å². The van der Waals surface area contributed by atoms with Crippen molar-refractivity contribution >= 4 is 69.2 Å². The van der Waals surface area contributed by atoms with Crippen molar-refractivity contribution in [3.63, 3.8) is 0 Å². The van der Waals surface area contributed by atoms with E-state index < -0.39 is 33.6 Å². The Kier molecular flexibility index (Phi) is 18.0. The Morgan fingerprint density at radius 1 is 0.262 bits per heavy atom. The molecule has 11 aromatic carbocycles. The third-order valence-corrected chi connectivity index (χ3v) is 23.9. The van der Waals surface area contributed by atoms with E-state index in [9.17, 15) is 10.5 Å². The average Bonchev–Trinajstić information content (AvgIpc) is 2.64. The van der Waals surface area contributed by atoms with Crippen molar-refractivity contribution in [2.24, 2.45) is 0 Å². The lowest BCUT2D eigenvalue weighted by Gasteiger charge is -2.22. The van der Waals surface area contributed by atoms with Gasteiger partial charge in [0.05, 0.1) is 0 Å². The molecule has 0 aliphatic carbocycles. The number of rotatable bonds is 23. The van der Waals surface area contributed by atoms with Gasteiger partial charge in [-0.15, -0.1) is 0 Å². The monoisotopic (exact) mass is 1170 g/mol. The van der Waals surface area contributed by atoms with E-state index in [0.29, 0.717) is 75.9 Å². The molecule has 0 heterocycles. The van der Waals surface area contributed by atoms with Crippen LogP contribution in [0.15, 0.2) is 297 Å². The summed E-state index contributed by atoms with van der Waals surface area (Å²) >= 11 is 0. The van der Waals surface area contributed by atoms with E-state index >= 15 is 13.7 Å². The minimum Gasteiger partial charge on any atom is -0.337 e. The zero-order valence-electron chi connectivity index (χ0n) is 45.3. The highest BCUT2D eigenvalue weighted by atomic mass is 31.2. The minimum absolute atomic E-state index is 0.0819. The Hall–Kier alpha value is -8.53. The fourth-order valence-electron chi connectivity index (χ4n) is 10.2. The summed E-state index contributed by atoms with van der Waals surface area (Å²) in [5.41, 5.74) is 4.34. The van der Waals surface area contributed by atoms with Crippen molar-refractivity contribution < 1.29 is 53.5 Å². The van der Waals surface area contributed by atoms with E-state index in [1.165, 1.54) is 0 Å². The Bertz CT molecular complexity index is 4030. The first-order valence-electron chi connectivity index (χ1n) is 27.1. The SMILES string of the molecule is O=P(c1ccccc1)(c1ccc(COOc2ccc(P(=O)(c3ccccc3)c3ccc(C(OO)c4ccc(P(=O)(c5ccccc5)c5ccc(COOc6ccccc6)cc5)cc4)cc3)cc2)cc1)c1ccc(C(OO)c2ccccc2)cc1. The quantitative estimate of drug-likeness (QED) is 0.0358. The Balaban J connectivity index is 0.769. The van der Waals surface area contributed by atoms with Crippen molar-refractivity contribution in [1.29, 1.82) is 0 Å². The molecule has 14 heteroatoms. The van der Waals surface area contributed by atoms with E-state index in [2.05, 4.69) is 0 Å². The standard InChI is InChI=1S/C70H57O11P3/c71-78-69(54-16-6-1-7-17-54)55-30-42-65(43-31-55)82(73,60-20-10-3-11-21-60)64-40-28-53(29-41-64)51-77-81-59-36-48-68(49-37-59)84(75,62-24-14-5-15-25-62)67-46-34-57(35-47-67)70(79-72)56-32-44-66(45-33-56)83(74,61-22-12-4-13-23-61)63-38-26-52(27-39-63)50-76-80-58-18-8-2-9-19-58/h1-49,69-72H,50-51H2. The molecule has 5 atom stereocenters. The summed E-state index contributed by atoms with van der Waals surface area (Å²) in [6.45, 7) is 0.273. The summed E-state index contributed by atoms with van der Waals surface area (Å²) in [6.07, 6.45) is -1.63. The lowest BCUT2D eigenvalue weighted by molar-refractivity contribution is -0.270. The van der Waals surface area contributed by atoms with Crippen LogP contribution in [0.3, 0.4) is 0 Å². The predicted molar refractivity (Wildman–Crippen MR) is 332 cm³/mol. The second kappa shape index (κ2) is 26.4. The smallest absolute Gasteiger partial charge is 0.171 e. The molecule has 11 nitrogen and oxygen atoms in total. The second-order valence-electron chi connectivity index (χ2n) is 19.8. The van der Waals surface area contributed by atoms with Crippen LogP contribution in [-0.2, 0) is 46.5 Å². The van der Waals surface area contributed by atoms with E-state index in [1.807, 2.05) is 212 Å². The Labute approximate surface area is 487 Å². The van der Waals surface area contributed by atoms with Gasteiger partial charge in [-0.05, 0) is 69.8 Å². The largest absolute Gasteiger partial charge is 0.337 e. The Morgan fingerprint density at radius 2 is 0.488 bits per heavy atom. The first-order valence-corrected chi connectivity index (χ1v) is 32.2. The highest BCUT2D eigenvalue weighted by molar-refractivity contribution is 7.86. The van der Waals surface area contributed by atoms with Crippen molar-refractivity contribution in [2.75, 3.05) is 0 Å². The summed E-state index contributed by atoms with van der Waals surface area (Å²) in [4.78, 5) is 32.4. The molecule has 0 radical (unpaired) electrons. The molecule has 0 fully saturated rings. The molecular weight excluding hydrogens is 1110 g/mol. The van der Waals surface area contributed by atoms with Crippen molar-refractivity contribution in [3.05, 3.63) is 331 Å². The van der Waals surface area contributed by atoms with Gasteiger partial charge in [-0.3, -0.25) is 10.5 Å². The third kappa shape index (κ3) is 12.3. The molecule has 0 aliphatic rings. The van der Waals surface area contributed by atoms with Crippen LogP contribution in [0.4, 0.5) is 0 Å². The summed E-state index contributed by atoms with van der Waals surface area (Å²) in [6, 6.07) is 90.1. The second-order valence-corrected chi connectivity index (χ2v) is 28.1. The number of hydrogen-bond acceptors (Lipinski definition) is 11. The first-order chi connectivity index (χ1) is 41.2. The molecular formula is C70H57O11P3. The number of para-hydroxylation sites is 1. The van der Waals surface area contributed by atoms with Crippen LogP contribution in [0.25, 0.3) is 0 Å². The van der Waals surface area contributed by atoms with E-state index in [4.69, 9.17) is 29.3 Å². The zero-order chi connectivity index (χ0) is 57.8. The van der Waals surface area contributed by atoms with Crippen LogP contribution in [-0.4, -0.2) is 10.5 Å². The molecule has 0 aromatic heterocycles. The normalized spacial score (nSPS) is 14.2. The van der Waals surface area contributed by atoms with E-state index in [1.54, 1.807) is 84.9 Å². The predicted octanol–water partition coefficient (Wildman–Crippen LogP) is 12.8. The zero-order valence-corrected chi connectivity index (χ0v) is 48.0. The van der Waals surface area contributed by atoms with Crippen LogP contribution >= 0.6 is 21.4 Å². The van der Waals surface area contributed by atoms with Gasteiger partial charge in [0.2, 0.25) is 0 Å². The highest BCUT2D eigenvalue weighted by Gasteiger charge is 2.33. The van der Waals surface area contributed by atoms with Crippen LogP contribution in [0.1, 0.15) is 45.6 Å². The molecule has 11 rings (SSSR count). The molecule has 0 saturated heterocycles. The minimum atomic E-state index is -3.47. The van der Waals surface area contributed by atoms with Gasteiger partial charge in [-0.25, -0.2) is 9.78 Å². The summed E-state index contributed by atoms with van der Waals surface area (Å²) in [7, 11) is -10.2. The van der Waals surface area contributed by atoms with Crippen molar-refractivity contribution in [2.45, 2.75) is 25.4 Å². The molecule has 0 saturated carbocycles. The van der Waals surface area contributed by atoms with Gasteiger partial charge >= 0.3 is 0 Å². The van der Waals surface area contributed by atoms with Gasteiger partial charge < -0.3 is 23.5 Å². The fourth-order valence-corrected chi connectivity index (χ4v) is 18.1. The molecule has 5 unspecified atom stereocenters. The van der Waals surface area contributed by atoms with Crippen molar-refractivity contribution in [1.82, 2.24) is 0 Å². The summed E-state index contributed by atoms with van der Waals surface area (Å²) in [5, 5.41) is 25.8. The fraction of sp³-hybridized carbons (Fsp3) is 0.0571. The van der Waals surface area contributed by atoms with Crippen LogP contribution in [0, 0.1) is 0 Å². The third-order valence-electron chi connectivity index (χ3n) is 14.7. The molecule has 418 valence electrons. The van der Waals surface area contributed by atoms with Gasteiger partial charge in [0, 0.05) is 47.7 Å². The highest BCUT2D eigenvalue weighted by Crippen LogP contribution is 2.46. The molecule has 0 amide bonds. The lowest BCUT2D eigenvalue weighted by Crippen LogP contribution is -2.25. The van der Waals surface area contributed by atoms with Gasteiger partial charge in [-0.2, -0.15) is 9.78 Å². The van der Waals surface area contributed by atoms with Gasteiger partial charge in [-0.1, -0.05) is 261 Å². The molecule has 0 spiro atoms. The maximum Gasteiger partial charge on any atom is 0.171 e. The van der Waals surface area contributed by atoms with Crippen LogP contribution in [0.5, 0.6) is 11.5 Å². The lowest BCUT2D eigenvalue weighted by atomic mass is 10.0. The van der Waals surface area contributed by atoms with Gasteiger partial charge in [0.1, 0.15) is 25.4 Å². The molecule has 0 aliphatic heterocycles. The Morgan fingerprint density at radius 3 is 0.786 bits per heavy atom. The first kappa shape index (κ1) is 57.3. The van der Waals surface area contributed by atoms with Crippen LogP contribution in [0.2, 0.25) is 0 Å². The molecule has 11 aromatic rings. The summed E-state index contributed by atoms with van der Waals surface area (Å²) < 4.78 is 46.3. The van der Waals surface area contributed by atoms with Crippen molar-refractivity contribution in [3.8, 4) is 11.5 Å². The molecule has 84 heavy (non-hydrogen) atoms. The average molecular weight is 1170 g/mol. The van der Waals surface area contributed by atoms with E-state index in [-0.39, 0.29) is 13.2 Å². The van der Waals surface area contributed by atoms with Gasteiger partial charge in [0.25, 0.3) is 0 Å². The van der Waals surface area contributed by atoms with Gasteiger partial charge in [0.15, 0.2) is 32.9 Å². The molecule has 0 bridgehead atoms. The topological polar surface area (TPSA) is 147 Å². The number of hydrogen-bond donors (Lipinski definition) is 2. The maximum atomic E-state index is 15.6. The maximum absolute atomic E-state index is 15.6. The summed E-state index contributed by atoms with van der Waals surface area (Å²) in [5.74, 6) is 0.986. The number of benzene rings is 11. The van der Waals surface area contributed by atoms with E-state index in [0.717, 1.165) is 16.7 Å². The molecule has 2 N–H and O–H groups in total.